The molecule has 0 bridgehead atoms. The van der Waals surface area contributed by atoms with Crippen LogP contribution in [-0.4, -0.2) is 24.6 Å². The number of Topliss-reactive ketones (excluding diaryl/α,β-unsaturated/α-hetero) is 1. The third kappa shape index (κ3) is 3.16. The lowest BCUT2D eigenvalue weighted by Crippen LogP contribution is -2.52. The van der Waals surface area contributed by atoms with Crippen LogP contribution in [0, 0.1) is 0 Å². The number of ether oxygens (including phenoxy) is 2. The predicted molar refractivity (Wildman–Crippen MR) is 74.6 cm³/mol. The number of hydrogen-bond donors (Lipinski definition) is 0. The van der Waals surface area contributed by atoms with Crippen LogP contribution < -0.4 is 4.74 Å². The Morgan fingerprint density at radius 2 is 1.95 bits per heavy atom. The molecule has 0 N–H and O–H groups in total. The van der Waals surface area contributed by atoms with Gasteiger partial charge in [0.25, 0.3) is 0 Å². The van der Waals surface area contributed by atoms with Crippen LogP contribution >= 0.6 is 0 Å². The average Bonchev–Trinajstić information content (AvgIpc) is 2.44. The fraction of sp³-hybridized carbons (Fsp3) is 0.562. The second-order valence-corrected chi connectivity index (χ2v) is 5.08. The zero-order valence-corrected chi connectivity index (χ0v) is 11.9. The number of rotatable bonds is 6. The molecule has 19 heavy (non-hydrogen) atoms. The van der Waals surface area contributed by atoms with Crippen LogP contribution in [0.5, 0.6) is 5.75 Å². The average molecular weight is 262 g/mol. The molecule has 0 radical (unpaired) electrons. The maximum Gasteiger partial charge on any atom is 0.169 e. The Morgan fingerprint density at radius 1 is 1.26 bits per heavy atom. The van der Waals surface area contributed by atoms with E-state index < -0.39 is 0 Å². The van der Waals surface area contributed by atoms with Gasteiger partial charge in [-0.1, -0.05) is 26.0 Å². The van der Waals surface area contributed by atoms with Gasteiger partial charge >= 0.3 is 0 Å². The van der Waals surface area contributed by atoms with Crippen molar-refractivity contribution in [2.24, 2.45) is 0 Å². The monoisotopic (exact) mass is 262 g/mol. The van der Waals surface area contributed by atoms with Crippen molar-refractivity contribution >= 4 is 5.78 Å². The summed E-state index contributed by atoms with van der Waals surface area (Å²) in [6, 6.07) is 8.15. The van der Waals surface area contributed by atoms with Gasteiger partial charge in [0, 0.05) is 13.0 Å². The first-order valence-electron chi connectivity index (χ1n) is 7.06. The largest absolute Gasteiger partial charge is 0.487 e. The van der Waals surface area contributed by atoms with Gasteiger partial charge in [-0.2, -0.15) is 0 Å². The van der Waals surface area contributed by atoms with Gasteiger partial charge in [-0.25, -0.2) is 0 Å². The van der Waals surface area contributed by atoms with Gasteiger partial charge in [0.2, 0.25) is 0 Å². The van der Waals surface area contributed by atoms with Crippen molar-refractivity contribution in [3.8, 4) is 5.75 Å². The number of hydrogen-bond acceptors (Lipinski definition) is 3. The normalized spacial score (nSPS) is 23.8. The summed E-state index contributed by atoms with van der Waals surface area (Å²) < 4.78 is 11.2. The van der Waals surface area contributed by atoms with Crippen molar-refractivity contribution in [2.75, 3.05) is 6.61 Å². The Balaban J connectivity index is 1.95. The Bertz CT molecular complexity index is 424. The second-order valence-electron chi connectivity index (χ2n) is 5.08. The van der Waals surface area contributed by atoms with E-state index in [1.54, 1.807) is 0 Å². The molecule has 0 aromatic heterocycles. The Morgan fingerprint density at radius 3 is 2.47 bits per heavy atom. The molecule has 1 aliphatic carbocycles. The highest BCUT2D eigenvalue weighted by Crippen LogP contribution is 2.27. The summed E-state index contributed by atoms with van der Waals surface area (Å²) in [4.78, 5) is 11.4. The quantitative estimate of drug-likeness (QED) is 0.789. The minimum atomic E-state index is -0.376. The minimum Gasteiger partial charge on any atom is -0.487 e. The molecule has 1 fully saturated rings. The van der Waals surface area contributed by atoms with E-state index in [9.17, 15) is 4.79 Å². The fourth-order valence-electron chi connectivity index (χ4n) is 2.24. The molecule has 1 aromatic carbocycles. The van der Waals surface area contributed by atoms with Gasteiger partial charge in [-0.05, 0) is 37.0 Å². The van der Waals surface area contributed by atoms with E-state index in [2.05, 4.69) is 26.0 Å². The maximum atomic E-state index is 11.4. The predicted octanol–water partition coefficient (Wildman–Crippen LogP) is 3.33. The van der Waals surface area contributed by atoms with Gasteiger partial charge < -0.3 is 9.47 Å². The van der Waals surface area contributed by atoms with Crippen LogP contribution in [0.2, 0.25) is 0 Å². The lowest BCUT2D eigenvalue weighted by Gasteiger charge is -2.34. The minimum absolute atomic E-state index is 0.123. The van der Waals surface area contributed by atoms with Gasteiger partial charge in [-0.3, -0.25) is 4.79 Å². The van der Waals surface area contributed by atoms with Crippen LogP contribution in [0.15, 0.2) is 24.3 Å². The highest BCUT2D eigenvalue weighted by Gasteiger charge is 2.42. The lowest BCUT2D eigenvalue weighted by atomic mass is 9.90. The molecule has 0 saturated heterocycles. The maximum absolute atomic E-state index is 11.4. The Kier molecular flexibility index (Phi) is 4.59. The number of benzene rings is 1. The zero-order valence-electron chi connectivity index (χ0n) is 11.9. The van der Waals surface area contributed by atoms with E-state index in [-0.39, 0.29) is 18.0 Å². The van der Waals surface area contributed by atoms with Crippen molar-refractivity contribution in [3.63, 3.8) is 0 Å². The molecule has 0 amide bonds. The van der Waals surface area contributed by atoms with Crippen LogP contribution in [0.4, 0.5) is 0 Å². The van der Waals surface area contributed by atoms with E-state index in [1.807, 2.05) is 19.1 Å². The summed E-state index contributed by atoms with van der Waals surface area (Å²) in [6.45, 7) is 6.83. The van der Waals surface area contributed by atoms with Crippen LogP contribution in [-0.2, 0) is 9.53 Å². The number of carbonyl (C=O) groups excluding carboxylic acids is 1. The SMILES string of the molecule is CCOC1C(=O)CC1Oc1ccc(C(C)CC)cc1. The molecule has 1 saturated carbocycles. The molecule has 1 aliphatic rings. The highest BCUT2D eigenvalue weighted by atomic mass is 16.5. The highest BCUT2D eigenvalue weighted by molar-refractivity contribution is 5.90. The summed E-state index contributed by atoms with van der Waals surface area (Å²) in [6.07, 6.45) is 1.09. The Labute approximate surface area is 114 Å². The summed E-state index contributed by atoms with van der Waals surface area (Å²) in [5.74, 6) is 1.52. The van der Waals surface area contributed by atoms with Gasteiger partial charge in [0.05, 0.1) is 0 Å². The van der Waals surface area contributed by atoms with E-state index in [1.165, 1.54) is 5.56 Å². The van der Waals surface area contributed by atoms with Crippen LogP contribution in [0.3, 0.4) is 0 Å². The van der Waals surface area contributed by atoms with Gasteiger partial charge in [0.1, 0.15) is 11.9 Å². The van der Waals surface area contributed by atoms with Gasteiger partial charge in [-0.15, -0.1) is 0 Å². The molecular weight excluding hydrogens is 240 g/mol. The smallest absolute Gasteiger partial charge is 0.169 e. The van der Waals surface area contributed by atoms with E-state index >= 15 is 0 Å². The van der Waals surface area contributed by atoms with Crippen LogP contribution in [0.1, 0.15) is 45.1 Å². The zero-order chi connectivity index (χ0) is 13.8. The Hall–Kier alpha value is -1.35. The van der Waals surface area contributed by atoms with Crippen molar-refractivity contribution in [1.29, 1.82) is 0 Å². The standard InChI is InChI=1S/C16H22O3/c1-4-11(3)12-6-8-13(9-7-12)19-15-10-14(17)16(15)18-5-2/h6-9,11,15-16H,4-5,10H2,1-3H3. The second kappa shape index (κ2) is 6.20. The first-order valence-corrected chi connectivity index (χ1v) is 7.06. The molecule has 3 unspecified atom stereocenters. The summed E-state index contributed by atoms with van der Waals surface area (Å²) in [5, 5.41) is 0. The molecule has 2 rings (SSSR count). The molecule has 0 spiro atoms. The van der Waals surface area contributed by atoms with Crippen LogP contribution in [0.25, 0.3) is 0 Å². The van der Waals surface area contributed by atoms with Crippen molar-refractivity contribution in [2.45, 2.75) is 51.7 Å². The summed E-state index contributed by atoms with van der Waals surface area (Å²) in [5.41, 5.74) is 1.32. The van der Waals surface area contributed by atoms with E-state index in [4.69, 9.17) is 9.47 Å². The first-order chi connectivity index (χ1) is 9.15. The third-order valence-electron chi connectivity index (χ3n) is 3.75. The number of carbonyl (C=O) groups is 1. The molecule has 1 aromatic rings. The van der Waals surface area contributed by atoms with Crippen molar-refractivity contribution in [1.82, 2.24) is 0 Å². The summed E-state index contributed by atoms with van der Waals surface area (Å²) in [7, 11) is 0. The molecule has 0 aliphatic heterocycles. The number of ketones is 1. The van der Waals surface area contributed by atoms with Gasteiger partial charge in [0.15, 0.2) is 11.9 Å². The van der Waals surface area contributed by atoms with E-state index in [0.717, 1.165) is 12.2 Å². The first kappa shape index (κ1) is 14.1. The van der Waals surface area contributed by atoms with Crippen molar-refractivity contribution in [3.05, 3.63) is 29.8 Å². The topological polar surface area (TPSA) is 35.5 Å². The fourth-order valence-corrected chi connectivity index (χ4v) is 2.24. The third-order valence-corrected chi connectivity index (χ3v) is 3.75. The summed E-state index contributed by atoms with van der Waals surface area (Å²) >= 11 is 0. The molecule has 3 heteroatoms. The molecule has 104 valence electrons. The van der Waals surface area contributed by atoms with Crippen molar-refractivity contribution < 1.29 is 14.3 Å². The molecule has 3 atom stereocenters. The molecular formula is C16H22O3. The molecule has 0 heterocycles. The lowest BCUT2D eigenvalue weighted by molar-refractivity contribution is -0.154. The van der Waals surface area contributed by atoms with E-state index in [0.29, 0.717) is 18.9 Å². The molecule has 3 nitrogen and oxygen atoms in total.